The van der Waals surface area contributed by atoms with Crippen LogP contribution in [0.15, 0.2) is 18.2 Å². The fourth-order valence-electron chi connectivity index (χ4n) is 2.35. The van der Waals surface area contributed by atoms with Crippen LogP contribution in [0.2, 0.25) is 0 Å². The predicted octanol–water partition coefficient (Wildman–Crippen LogP) is 3.17. The predicted molar refractivity (Wildman–Crippen MR) is 89.4 cm³/mol. The Morgan fingerprint density at radius 1 is 1.35 bits per heavy atom. The van der Waals surface area contributed by atoms with Crippen molar-refractivity contribution in [1.29, 1.82) is 0 Å². The zero-order valence-corrected chi connectivity index (χ0v) is 14.3. The number of piperidine rings is 1. The smallest absolute Gasteiger partial charge is 0.412 e. The third-order valence-corrected chi connectivity index (χ3v) is 3.37. The number of hydrogen-bond acceptors (Lipinski definition) is 5. The molecule has 1 fully saturated rings. The second kappa shape index (κ2) is 7.55. The van der Waals surface area contributed by atoms with E-state index in [4.69, 9.17) is 14.2 Å². The van der Waals surface area contributed by atoms with Gasteiger partial charge in [0.15, 0.2) is 0 Å². The minimum Gasteiger partial charge on any atom is -0.497 e. The van der Waals surface area contributed by atoms with Crippen LogP contribution in [-0.2, 0) is 4.74 Å². The van der Waals surface area contributed by atoms with E-state index in [0.29, 0.717) is 17.2 Å². The molecule has 1 aromatic carbocycles. The fourth-order valence-corrected chi connectivity index (χ4v) is 2.35. The Balaban J connectivity index is 2.12. The highest BCUT2D eigenvalue weighted by molar-refractivity contribution is 5.87. The third-order valence-electron chi connectivity index (χ3n) is 3.37. The summed E-state index contributed by atoms with van der Waals surface area (Å²) in [4.78, 5) is 12.0. The molecule has 6 heteroatoms. The molecule has 1 heterocycles. The van der Waals surface area contributed by atoms with Crippen LogP contribution < -0.4 is 20.1 Å². The molecule has 2 rings (SSSR count). The van der Waals surface area contributed by atoms with Gasteiger partial charge in [-0.2, -0.15) is 0 Å². The number of carbonyl (C=O) groups is 1. The highest BCUT2D eigenvalue weighted by atomic mass is 16.6. The van der Waals surface area contributed by atoms with Gasteiger partial charge in [0.2, 0.25) is 0 Å². The van der Waals surface area contributed by atoms with Crippen molar-refractivity contribution in [2.24, 2.45) is 0 Å². The summed E-state index contributed by atoms with van der Waals surface area (Å²) in [7, 11) is 1.58. The maximum Gasteiger partial charge on any atom is 0.412 e. The molecule has 1 atom stereocenters. The van der Waals surface area contributed by atoms with Gasteiger partial charge < -0.3 is 19.5 Å². The van der Waals surface area contributed by atoms with Crippen molar-refractivity contribution in [2.75, 3.05) is 25.5 Å². The summed E-state index contributed by atoms with van der Waals surface area (Å²) in [6, 6.07) is 5.35. The van der Waals surface area contributed by atoms with Crippen LogP contribution in [0.4, 0.5) is 10.5 Å². The van der Waals surface area contributed by atoms with Crippen LogP contribution in [0.5, 0.6) is 11.5 Å². The number of carbonyl (C=O) groups excluding carboxylic acids is 1. The first-order valence-corrected chi connectivity index (χ1v) is 7.93. The van der Waals surface area contributed by atoms with Crippen LogP contribution in [0.1, 0.15) is 33.6 Å². The summed E-state index contributed by atoms with van der Waals surface area (Å²) in [6.45, 7) is 7.29. The van der Waals surface area contributed by atoms with Crippen molar-refractivity contribution in [3.63, 3.8) is 0 Å². The van der Waals surface area contributed by atoms with Crippen LogP contribution >= 0.6 is 0 Å². The number of rotatable bonds is 4. The average Bonchev–Trinajstić information content (AvgIpc) is 2.48. The molecule has 0 spiro atoms. The Morgan fingerprint density at radius 2 is 2.13 bits per heavy atom. The number of benzene rings is 1. The van der Waals surface area contributed by atoms with E-state index >= 15 is 0 Å². The van der Waals surface area contributed by atoms with Crippen LogP contribution in [0.3, 0.4) is 0 Å². The van der Waals surface area contributed by atoms with E-state index in [1.807, 2.05) is 26.8 Å². The second-order valence-corrected chi connectivity index (χ2v) is 6.58. The normalized spacial score (nSPS) is 18.2. The van der Waals surface area contributed by atoms with E-state index < -0.39 is 11.7 Å². The Labute approximate surface area is 137 Å². The Bertz CT molecular complexity index is 534. The quantitative estimate of drug-likeness (QED) is 0.891. The van der Waals surface area contributed by atoms with E-state index in [-0.39, 0.29) is 6.10 Å². The van der Waals surface area contributed by atoms with Crippen molar-refractivity contribution in [3.05, 3.63) is 18.2 Å². The van der Waals surface area contributed by atoms with E-state index in [1.165, 1.54) is 0 Å². The van der Waals surface area contributed by atoms with Gasteiger partial charge in [-0.1, -0.05) is 0 Å². The second-order valence-electron chi connectivity index (χ2n) is 6.58. The SMILES string of the molecule is COc1ccc(OC2CCCNC2)c(NC(=O)OC(C)(C)C)c1. The number of anilines is 1. The molecule has 0 bridgehead atoms. The first-order valence-electron chi connectivity index (χ1n) is 7.93. The highest BCUT2D eigenvalue weighted by Gasteiger charge is 2.20. The number of ether oxygens (including phenoxy) is 3. The molecule has 0 aromatic heterocycles. The molecule has 1 aliphatic heterocycles. The molecule has 1 aromatic rings. The summed E-state index contributed by atoms with van der Waals surface area (Å²) in [5.41, 5.74) is -0.0127. The molecule has 6 nitrogen and oxygen atoms in total. The van der Waals surface area contributed by atoms with Crippen molar-refractivity contribution in [1.82, 2.24) is 5.32 Å². The van der Waals surface area contributed by atoms with Crippen molar-refractivity contribution in [3.8, 4) is 11.5 Å². The Kier molecular flexibility index (Phi) is 5.71. The summed E-state index contributed by atoms with van der Waals surface area (Å²) in [5.74, 6) is 1.26. The van der Waals surface area contributed by atoms with E-state index in [1.54, 1.807) is 19.2 Å². The maximum atomic E-state index is 12.0. The number of hydrogen-bond donors (Lipinski definition) is 2. The topological polar surface area (TPSA) is 68.8 Å². The third kappa shape index (κ3) is 5.63. The fraction of sp³-hybridized carbons (Fsp3) is 0.588. The highest BCUT2D eigenvalue weighted by Crippen LogP contribution is 2.31. The van der Waals surface area contributed by atoms with E-state index in [0.717, 1.165) is 25.9 Å². The molecular formula is C17H26N2O4. The first-order chi connectivity index (χ1) is 10.9. The summed E-state index contributed by atoms with van der Waals surface area (Å²) < 4.78 is 16.6. The monoisotopic (exact) mass is 322 g/mol. The van der Waals surface area contributed by atoms with Gasteiger partial charge in [0.05, 0.1) is 12.8 Å². The number of amides is 1. The van der Waals surface area contributed by atoms with Gasteiger partial charge in [0.1, 0.15) is 23.2 Å². The maximum absolute atomic E-state index is 12.0. The largest absolute Gasteiger partial charge is 0.497 e. The average molecular weight is 322 g/mol. The zero-order chi connectivity index (χ0) is 16.9. The van der Waals surface area contributed by atoms with Crippen LogP contribution in [0.25, 0.3) is 0 Å². The lowest BCUT2D eigenvalue weighted by molar-refractivity contribution is 0.0634. The van der Waals surface area contributed by atoms with Gasteiger partial charge in [-0.15, -0.1) is 0 Å². The Morgan fingerprint density at radius 3 is 2.74 bits per heavy atom. The van der Waals surface area contributed by atoms with Crippen molar-refractivity contribution < 1.29 is 19.0 Å². The molecule has 0 radical (unpaired) electrons. The van der Waals surface area contributed by atoms with E-state index in [9.17, 15) is 4.79 Å². The molecule has 0 saturated carbocycles. The molecule has 128 valence electrons. The van der Waals surface area contributed by atoms with Crippen LogP contribution in [-0.4, -0.2) is 38.0 Å². The Hall–Kier alpha value is -1.95. The van der Waals surface area contributed by atoms with Gasteiger partial charge in [-0.05, 0) is 52.3 Å². The van der Waals surface area contributed by atoms with Crippen LogP contribution in [0, 0.1) is 0 Å². The molecule has 2 N–H and O–H groups in total. The molecule has 1 amide bonds. The zero-order valence-electron chi connectivity index (χ0n) is 14.3. The number of nitrogens with one attached hydrogen (secondary N) is 2. The van der Waals surface area contributed by atoms with Gasteiger partial charge in [0.25, 0.3) is 0 Å². The lowest BCUT2D eigenvalue weighted by Gasteiger charge is -2.26. The minimum absolute atomic E-state index is 0.0938. The molecule has 23 heavy (non-hydrogen) atoms. The van der Waals surface area contributed by atoms with E-state index in [2.05, 4.69) is 10.6 Å². The van der Waals surface area contributed by atoms with Gasteiger partial charge in [-0.3, -0.25) is 5.32 Å². The molecule has 1 saturated heterocycles. The first kappa shape index (κ1) is 17.4. The van der Waals surface area contributed by atoms with Gasteiger partial charge >= 0.3 is 6.09 Å². The van der Waals surface area contributed by atoms with Gasteiger partial charge in [-0.25, -0.2) is 4.79 Å². The lowest BCUT2D eigenvalue weighted by atomic mass is 10.1. The summed E-state index contributed by atoms with van der Waals surface area (Å²) >= 11 is 0. The van der Waals surface area contributed by atoms with Gasteiger partial charge in [0, 0.05) is 12.6 Å². The van der Waals surface area contributed by atoms with Crippen molar-refractivity contribution >= 4 is 11.8 Å². The molecule has 1 aliphatic rings. The standard InChI is InChI=1S/C17H26N2O4/c1-17(2,3)23-16(20)19-14-10-12(21-4)7-8-15(14)22-13-6-5-9-18-11-13/h7-8,10,13,18H,5-6,9,11H2,1-4H3,(H,19,20). The van der Waals surface area contributed by atoms with Crippen molar-refractivity contribution in [2.45, 2.75) is 45.3 Å². The molecular weight excluding hydrogens is 296 g/mol. The summed E-state index contributed by atoms with van der Waals surface area (Å²) in [6.07, 6.45) is 1.65. The summed E-state index contributed by atoms with van der Waals surface area (Å²) in [5, 5.41) is 6.05. The number of methoxy groups -OCH3 is 1. The molecule has 1 unspecified atom stereocenters. The molecule has 0 aliphatic carbocycles. The lowest BCUT2D eigenvalue weighted by Crippen LogP contribution is -2.37. The minimum atomic E-state index is -0.558.